The first-order valence-corrected chi connectivity index (χ1v) is 6.74. The molecular formula is C10H15N2O4P. The van der Waals surface area contributed by atoms with Gasteiger partial charge in [-0.3, -0.25) is 9.55 Å². The monoisotopic (exact) mass is 258 g/mol. The Morgan fingerprint density at radius 2 is 2.12 bits per heavy atom. The maximum Gasteiger partial charge on any atom is 0.383 e. The Balaban J connectivity index is 3.12. The van der Waals surface area contributed by atoms with E-state index in [2.05, 4.69) is 10.1 Å². The maximum absolute atomic E-state index is 12.4. The highest BCUT2D eigenvalue weighted by molar-refractivity contribution is 7.73. The fraction of sp³-hybridized carbons (Fsp3) is 0.400. The first-order chi connectivity index (χ1) is 8.18. The van der Waals surface area contributed by atoms with Gasteiger partial charge in [0.1, 0.15) is 0 Å². The molecule has 0 aliphatic heterocycles. The lowest BCUT2D eigenvalue weighted by atomic mass is 10.3. The number of nitrogens with zero attached hydrogens (tertiary/aromatic N) is 2. The number of aromatic nitrogens is 1. The molecule has 0 bridgehead atoms. The van der Waals surface area contributed by atoms with E-state index in [-0.39, 0.29) is 18.7 Å². The van der Waals surface area contributed by atoms with Crippen molar-refractivity contribution in [2.75, 3.05) is 13.2 Å². The summed E-state index contributed by atoms with van der Waals surface area (Å²) < 4.78 is 22.6. The first kappa shape index (κ1) is 13.8. The average molecular weight is 258 g/mol. The Morgan fingerprint density at radius 1 is 1.47 bits per heavy atom. The fourth-order valence-electron chi connectivity index (χ4n) is 1.27. The topological polar surface area (TPSA) is 81.0 Å². The number of hydrogen-bond donors (Lipinski definition) is 1. The van der Waals surface area contributed by atoms with Crippen molar-refractivity contribution < 1.29 is 18.8 Å². The van der Waals surface area contributed by atoms with Crippen LogP contribution in [0.15, 0.2) is 29.7 Å². The molecule has 0 atom stereocenters. The Hall–Kier alpha value is -1.23. The van der Waals surface area contributed by atoms with E-state index in [0.29, 0.717) is 5.56 Å². The van der Waals surface area contributed by atoms with E-state index in [9.17, 15) is 4.57 Å². The second-order valence-electron chi connectivity index (χ2n) is 3.00. The fourth-order valence-corrected chi connectivity index (χ4v) is 2.82. The van der Waals surface area contributed by atoms with Gasteiger partial charge in [0.15, 0.2) is 5.45 Å². The van der Waals surface area contributed by atoms with Crippen LogP contribution < -0.4 is 0 Å². The van der Waals surface area contributed by atoms with Crippen LogP contribution in [0.25, 0.3) is 0 Å². The van der Waals surface area contributed by atoms with Gasteiger partial charge in [-0.2, -0.15) is 0 Å². The zero-order chi connectivity index (χ0) is 12.7. The molecule has 0 saturated carbocycles. The van der Waals surface area contributed by atoms with Crippen molar-refractivity contribution in [1.82, 2.24) is 4.98 Å². The summed E-state index contributed by atoms with van der Waals surface area (Å²) in [4.78, 5) is 3.86. The number of rotatable bonds is 6. The molecule has 7 heteroatoms. The highest BCUT2D eigenvalue weighted by Crippen LogP contribution is 2.51. The minimum Gasteiger partial charge on any atom is -0.410 e. The van der Waals surface area contributed by atoms with Gasteiger partial charge in [0.2, 0.25) is 0 Å². The van der Waals surface area contributed by atoms with Gasteiger partial charge >= 0.3 is 7.60 Å². The molecule has 0 aliphatic carbocycles. The second kappa shape index (κ2) is 6.49. The molecule has 0 aromatic carbocycles. The predicted molar refractivity (Wildman–Crippen MR) is 63.4 cm³/mol. The molecule has 1 aromatic heterocycles. The van der Waals surface area contributed by atoms with Crippen LogP contribution in [0.3, 0.4) is 0 Å². The van der Waals surface area contributed by atoms with Crippen LogP contribution in [0.4, 0.5) is 0 Å². The predicted octanol–water partition coefficient (Wildman–Crippen LogP) is 2.48. The van der Waals surface area contributed by atoms with Gasteiger partial charge < -0.3 is 14.3 Å². The SMILES string of the molecule is CCOP(=O)(OCC)/C(=N/O)c1cccnc1. The lowest BCUT2D eigenvalue weighted by molar-refractivity contribution is 0.230. The molecule has 0 unspecified atom stereocenters. The van der Waals surface area contributed by atoms with Crippen molar-refractivity contribution in [2.45, 2.75) is 13.8 Å². The minimum absolute atomic E-state index is 0.130. The second-order valence-corrected chi connectivity index (χ2v) is 4.93. The summed E-state index contributed by atoms with van der Waals surface area (Å²) in [6, 6.07) is 3.26. The molecule has 1 aromatic rings. The van der Waals surface area contributed by atoms with E-state index >= 15 is 0 Å². The molecule has 0 amide bonds. The van der Waals surface area contributed by atoms with Crippen molar-refractivity contribution in [2.24, 2.45) is 5.16 Å². The number of pyridine rings is 1. The van der Waals surface area contributed by atoms with Gasteiger partial charge in [0.05, 0.1) is 13.2 Å². The van der Waals surface area contributed by atoms with Crippen LogP contribution >= 0.6 is 7.60 Å². The van der Waals surface area contributed by atoms with Crippen molar-refractivity contribution in [3.8, 4) is 0 Å². The smallest absolute Gasteiger partial charge is 0.383 e. The van der Waals surface area contributed by atoms with E-state index in [1.807, 2.05) is 0 Å². The quantitative estimate of drug-likeness (QED) is 0.367. The average Bonchev–Trinajstić information content (AvgIpc) is 2.31. The van der Waals surface area contributed by atoms with Crippen LogP contribution in [-0.4, -0.2) is 28.9 Å². The normalized spacial score (nSPS) is 12.7. The van der Waals surface area contributed by atoms with Crippen molar-refractivity contribution in [3.05, 3.63) is 30.1 Å². The highest BCUT2D eigenvalue weighted by Gasteiger charge is 2.33. The summed E-state index contributed by atoms with van der Waals surface area (Å²) >= 11 is 0. The van der Waals surface area contributed by atoms with Gasteiger partial charge in [-0.15, -0.1) is 0 Å². The van der Waals surface area contributed by atoms with Gasteiger partial charge in [0, 0.05) is 18.0 Å². The summed E-state index contributed by atoms with van der Waals surface area (Å²) in [6.07, 6.45) is 2.99. The van der Waals surface area contributed by atoms with Gasteiger partial charge in [-0.25, -0.2) is 0 Å². The number of oxime groups is 1. The zero-order valence-corrected chi connectivity index (χ0v) is 10.6. The Bertz CT molecular complexity index is 412. The molecule has 1 heterocycles. The minimum atomic E-state index is -3.59. The van der Waals surface area contributed by atoms with Crippen molar-refractivity contribution >= 4 is 13.0 Å². The van der Waals surface area contributed by atoms with Gasteiger partial charge in [-0.05, 0) is 26.0 Å². The molecule has 6 nitrogen and oxygen atoms in total. The molecular weight excluding hydrogens is 243 g/mol. The third-order valence-corrected chi connectivity index (χ3v) is 3.93. The zero-order valence-electron chi connectivity index (χ0n) is 9.74. The van der Waals surface area contributed by atoms with Gasteiger partial charge in [0.25, 0.3) is 0 Å². The standard InChI is InChI=1S/C10H15N2O4P/c1-3-15-17(14,16-4-2)10(12-13)9-6-5-7-11-8-9/h5-8,13H,3-4H2,1-2H3/b12-10+. The summed E-state index contributed by atoms with van der Waals surface area (Å²) in [7, 11) is -3.59. The molecule has 0 spiro atoms. The van der Waals surface area contributed by atoms with E-state index in [1.165, 1.54) is 6.20 Å². The Kier molecular flexibility index (Phi) is 5.28. The molecule has 17 heavy (non-hydrogen) atoms. The number of hydrogen-bond acceptors (Lipinski definition) is 6. The summed E-state index contributed by atoms with van der Waals surface area (Å²) in [5.74, 6) is 0. The van der Waals surface area contributed by atoms with Crippen LogP contribution in [0.5, 0.6) is 0 Å². The maximum atomic E-state index is 12.4. The van der Waals surface area contributed by atoms with Crippen LogP contribution in [-0.2, 0) is 13.6 Å². The van der Waals surface area contributed by atoms with Crippen LogP contribution in [0.1, 0.15) is 19.4 Å². The van der Waals surface area contributed by atoms with Gasteiger partial charge in [-0.1, -0.05) is 5.16 Å². The molecule has 0 saturated heterocycles. The first-order valence-electron chi connectivity index (χ1n) is 5.20. The van der Waals surface area contributed by atoms with Crippen LogP contribution in [0, 0.1) is 0 Å². The van der Waals surface area contributed by atoms with E-state index in [4.69, 9.17) is 14.3 Å². The largest absolute Gasteiger partial charge is 0.410 e. The van der Waals surface area contributed by atoms with Crippen molar-refractivity contribution in [3.63, 3.8) is 0 Å². The summed E-state index contributed by atoms with van der Waals surface area (Å²) in [5, 5.41) is 12.0. The third kappa shape index (κ3) is 3.36. The molecule has 0 fully saturated rings. The summed E-state index contributed by atoms with van der Waals surface area (Å²) in [5.41, 5.74) is 0.273. The lowest BCUT2D eigenvalue weighted by Crippen LogP contribution is -2.09. The van der Waals surface area contributed by atoms with Crippen LogP contribution in [0.2, 0.25) is 0 Å². The summed E-state index contributed by atoms with van der Waals surface area (Å²) in [6.45, 7) is 3.75. The lowest BCUT2D eigenvalue weighted by Gasteiger charge is -2.17. The molecule has 1 rings (SSSR count). The molecule has 94 valence electrons. The molecule has 1 N–H and O–H groups in total. The Morgan fingerprint density at radius 3 is 2.53 bits per heavy atom. The molecule has 0 radical (unpaired) electrons. The van der Waals surface area contributed by atoms with E-state index < -0.39 is 7.60 Å². The third-order valence-electron chi connectivity index (χ3n) is 1.87. The molecule has 0 aliphatic rings. The van der Waals surface area contributed by atoms with E-state index in [0.717, 1.165) is 0 Å². The van der Waals surface area contributed by atoms with Crippen molar-refractivity contribution in [1.29, 1.82) is 0 Å². The Labute approximate surface area is 99.8 Å². The highest BCUT2D eigenvalue weighted by atomic mass is 31.2. The van der Waals surface area contributed by atoms with E-state index in [1.54, 1.807) is 32.2 Å².